The molecule has 5 nitrogen and oxygen atoms in total. The van der Waals surface area contributed by atoms with Gasteiger partial charge in [0.1, 0.15) is 0 Å². The lowest BCUT2D eigenvalue weighted by Gasteiger charge is -2.30. The van der Waals surface area contributed by atoms with Gasteiger partial charge in [-0.05, 0) is 49.6 Å². The van der Waals surface area contributed by atoms with Gasteiger partial charge in [-0.25, -0.2) is 8.42 Å². The van der Waals surface area contributed by atoms with E-state index in [9.17, 15) is 13.2 Å². The van der Waals surface area contributed by atoms with Crippen molar-refractivity contribution in [3.63, 3.8) is 0 Å². The second-order valence-corrected chi connectivity index (χ2v) is 9.29. The lowest BCUT2D eigenvalue weighted by atomic mass is 9.97. The number of halogens is 1. The highest BCUT2D eigenvalue weighted by molar-refractivity contribution is 9.10. The third kappa shape index (κ3) is 4.16. The Bertz CT molecular complexity index is 892. The van der Waals surface area contributed by atoms with Crippen LogP contribution in [0.2, 0.25) is 0 Å². The number of anilines is 1. The summed E-state index contributed by atoms with van der Waals surface area (Å²) < 4.78 is 27.7. The molecule has 138 valence electrons. The molecule has 3 rings (SSSR count). The maximum Gasteiger partial charge on any atom is 0.243 e. The van der Waals surface area contributed by atoms with Gasteiger partial charge in [-0.3, -0.25) is 4.79 Å². The molecule has 1 aliphatic rings. The average Bonchev–Trinajstić information content (AvgIpc) is 2.65. The lowest BCUT2D eigenvalue weighted by Crippen LogP contribution is -2.41. The van der Waals surface area contributed by atoms with E-state index in [1.807, 2.05) is 25.1 Å². The highest BCUT2D eigenvalue weighted by Gasteiger charge is 2.32. The molecule has 1 amide bonds. The van der Waals surface area contributed by atoms with E-state index in [0.717, 1.165) is 15.7 Å². The van der Waals surface area contributed by atoms with Crippen molar-refractivity contribution < 1.29 is 13.2 Å². The van der Waals surface area contributed by atoms with Crippen molar-refractivity contribution in [3.05, 3.63) is 58.6 Å². The van der Waals surface area contributed by atoms with E-state index in [1.165, 1.54) is 4.31 Å². The summed E-state index contributed by atoms with van der Waals surface area (Å²) in [7, 11) is -3.49. The number of amides is 1. The molecule has 1 fully saturated rings. The first-order chi connectivity index (χ1) is 12.4. The maximum atomic E-state index is 12.7. The predicted molar refractivity (Wildman–Crippen MR) is 105 cm³/mol. The third-order valence-electron chi connectivity index (χ3n) is 4.66. The first kappa shape index (κ1) is 19.1. The van der Waals surface area contributed by atoms with E-state index in [4.69, 9.17) is 0 Å². The van der Waals surface area contributed by atoms with Crippen molar-refractivity contribution in [1.29, 1.82) is 0 Å². The zero-order chi connectivity index (χ0) is 18.7. The molecule has 1 saturated heterocycles. The molecule has 0 saturated carbocycles. The van der Waals surface area contributed by atoms with Crippen LogP contribution < -0.4 is 5.32 Å². The summed E-state index contributed by atoms with van der Waals surface area (Å²) in [5.74, 6) is -0.237. The van der Waals surface area contributed by atoms with Crippen molar-refractivity contribution >= 4 is 37.5 Å². The van der Waals surface area contributed by atoms with E-state index >= 15 is 0 Å². The maximum absolute atomic E-state index is 12.7. The number of aryl methyl sites for hydroxylation is 1. The monoisotopic (exact) mass is 436 g/mol. The number of hydrogen-bond donors (Lipinski definition) is 1. The standard InChI is InChI=1S/C19H21BrN2O3S/c1-14-7-8-16(20)13-18(14)21-19(23)15-9-11-22(12-10-15)26(24,25)17-5-3-2-4-6-17/h2-8,13,15H,9-12H2,1H3,(H,21,23). The van der Waals surface area contributed by atoms with Gasteiger partial charge in [0.25, 0.3) is 0 Å². The SMILES string of the molecule is Cc1ccc(Br)cc1NC(=O)C1CCN(S(=O)(=O)c2ccccc2)CC1. The van der Waals surface area contributed by atoms with E-state index in [1.54, 1.807) is 30.3 Å². The Labute approximate surface area is 162 Å². The molecule has 1 heterocycles. The molecular weight excluding hydrogens is 416 g/mol. The number of carbonyl (C=O) groups is 1. The Morgan fingerprint density at radius 2 is 1.77 bits per heavy atom. The Morgan fingerprint density at radius 1 is 1.12 bits per heavy atom. The molecule has 0 spiro atoms. The summed E-state index contributed by atoms with van der Waals surface area (Å²) in [6.07, 6.45) is 1.04. The molecule has 0 atom stereocenters. The van der Waals surface area contributed by atoms with Crippen molar-refractivity contribution in [2.45, 2.75) is 24.7 Å². The van der Waals surface area contributed by atoms with Gasteiger partial charge in [0, 0.05) is 29.2 Å². The summed E-state index contributed by atoms with van der Waals surface area (Å²) in [5, 5.41) is 2.97. The molecule has 1 aliphatic heterocycles. The van der Waals surface area contributed by atoms with E-state index in [2.05, 4.69) is 21.2 Å². The van der Waals surface area contributed by atoms with Crippen LogP contribution in [0.5, 0.6) is 0 Å². The number of hydrogen-bond acceptors (Lipinski definition) is 3. The van der Waals surface area contributed by atoms with Gasteiger partial charge in [-0.1, -0.05) is 40.2 Å². The number of nitrogens with zero attached hydrogens (tertiary/aromatic N) is 1. The van der Waals surface area contributed by atoms with E-state index < -0.39 is 10.0 Å². The molecule has 0 unspecified atom stereocenters. The Morgan fingerprint density at radius 3 is 2.42 bits per heavy atom. The number of benzene rings is 2. The van der Waals surface area contributed by atoms with Crippen LogP contribution in [0.1, 0.15) is 18.4 Å². The van der Waals surface area contributed by atoms with Gasteiger partial charge in [0.15, 0.2) is 0 Å². The first-order valence-corrected chi connectivity index (χ1v) is 10.7. The average molecular weight is 437 g/mol. The van der Waals surface area contributed by atoms with Crippen molar-refractivity contribution in [2.24, 2.45) is 5.92 Å². The Kier molecular flexibility index (Phi) is 5.79. The van der Waals surface area contributed by atoms with Gasteiger partial charge in [-0.2, -0.15) is 4.31 Å². The van der Waals surface area contributed by atoms with Crippen LogP contribution in [0.3, 0.4) is 0 Å². The van der Waals surface area contributed by atoms with E-state index in [-0.39, 0.29) is 11.8 Å². The Hall–Kier alpha value is -1.70. The second-order valence-electron chi connectivity index (χ2n) is 6.44. The minimum Gasteiger partial charge on any atom is -0.326 e. The molecule has 0 aliphatic carbocycles. The normalized spacial score (nSPS) is 16.4. The summed E-state index contributed by atoms with van der Waals surface area (Å²) in [6.45, 7) is 2.65. The molecule has 26 heavy (non-hydrogen) atoms. The summed E-state index contributed by atoms with van der Waals surface area (Å²) in [4.78, 5) is 12.9. The van der Waals surface area contributed by atoms with Crippen molar-refractivity contribution in [3.8, 4) is 0 Å². The molecule has 7 heteroatoms. The zero-order valence-corrected chi connectivity index (χ0v) is 16.9. The van der Waals surface area contributed by atoms with Crippen LogP contribution in [-0.2, 0) is 14.8 Å². The minimum absolute atomic E-state index is 0.0528. The quantitative estimate of drug-likeness (QED) is 0.792. The number of piperidine rings is 1. The van der Waals surface area contributed by atoms with Gasteiger partial charge in [0.05, 0.1) is 4.90 Å². The fourth-order valence-corrected chi connectivity index (χ4v) is 4.92. The molecular formula is C19H21BrN2O3S. The number of rotatable bonds is 4. The lowest BCUT2D eigenvalue weighted by molar-refractivity contribution is -0.120. The highest BCUT2D eigenvalue weighted by atomic mass is 79.9. The van der Waals surface area contributed by atoms with Crippen molar-refractivity contribution in [1.82, 2.24) is 4.31 Å². The zero-order valence-electron chi connectivity index (χ0n) is 14.5. The van der Waals surface area contributed by atoms with Crippen LogP contribution >= 0.6 is 15.9 Å². The van der Waals surface area contributed by atoms with Gasteiger partial charge in [-0.15, -0.1) is 0 Å². The summed E-state index contributed by atoms with van der Waals surface area (Å²) in [6, 6.07) is 14.2. The van der Waals surface area contributed by atoms with Crippen LogP contribution in [0.4, 0.5) is 5.69 Å². The minimum atomic E-state index is -3.49. The van der Waals surface area contributed by atoms with Gasteiger partial charge in [0.2, 0.25) is 15.9 Å². The number of sulfonamides is 1. The molecule has 0 radical (unpaired) electrons. The van der Waals surface area contributed by atoms with Crippen LogP contribution in [-0.4, -0.2) is 31.7 Å². The number of carbonyl (C=O) groups excluding carboxylic acids is 1. The van der Waals surface area contributed by atoms with E-state index in [0.29, 0.717) is 30.8 Å². The fraction of sp³-hybridized carbons (Fsp3) is 0.316. The highest BCUT2D eigenvalue weighted by Crippen LogP contribution is 2.26. The predicted octanol–water partition coefficient (Wildman–Crippen LogP) is 3.80. The van der Waals surface area contributed by atoms with Crippen LogP contribution in [0.15, 0.2) is 57.9 Å². The van der Waals surface area contributed by atoms with Crippen LogP contribution in [0.25, 0.3) is 0 Å². The Balaban J connectivity index is 1.63. The van der Waals surface area contributed by atoms with Crippen LogP contribution in [0, 0.1) is 12.8 Å². The summed E-state index contributed by atoms with van der Waals surface area (Å²) >= 11 is 3.41. The molecule has 2 aromatic rings. The topological polar surface area (TPSA) is 66.5 Å². The van der Waals surface area contributed by atoms with Gasteiger partial charge < -0.3 is 5.32 Å². The van der Waals surface area contributed by atoms with Gasteiger partial charge >= 0.3 is 0 Å². The third-order valence-corrected chi connectivity index (χ3v) is 7.07. The molecule has 0 aromatic heterocycles. The smallest absolute Gasteiger partial charge is 0.243 e. The largest absolute Gasteiger partial charge is 0.326 e. The number of nitrogens with one attached hydrogen (secondary N) is 1. The second kappa shape index (κ2) is 7.90. The molecule has 0 bridgehead atoms. The molecule has 1 N–H and O–H groups in total. The first-order valence-electron chi connectivity index (χ1n) is 8.50. The fourth-order valence-electron chi connectivity index (χ4n) is 3.06. The summed E-state index contributed by atoms with van der Waals surface area (Å²) in [5.41, 5.74) is 1.77. The van der Waals surface area contributed by atoms with Crippen molar-refractivity contribution in [2.75, 3.05) is 18.4 Å². The molecule has 2 aromatic carbocycles.